The number of piperazine rings is 2. The van der Waals surface area contributed by atoms with Crippen LogP contribution in [0.2, 0.25) is 0 Å². The Hall–Kier alpha value is -7.63. The van der Waals surface area contributed by atoms with E-state index in [1.165, 1.54) is 12.8 Å². The lowest BCUT2D eigenvalue weighted by atomic mass is 10.0. The summed E-state index contributed by atoms with van der Waals surface area (Å²) in [5, 5.41) is 8.90. The van der Waals surface area contributed by atoms with E-state index in [1.54, 1.807) is 41.0 Å². The topological polar surface area (TPSA) is 178 Å². The molecule has 348 valence electrons. The van der Waals surface area contributed by atoms with Gasteiger partial charge in [-0.05, 0) is 77.4 Å². The number of hydrogen-bond acceptors (Lipinski definition) is 14. The lowest BCUT2D eigenvalue weighted by molar-refractivity contribution is 0.291. The van der Waals surface area contributed by atoms with Crippen molar-refractivity contribution < 1.29 is 23.7 Å². The number of rotatable bonds is 12. The van der Waals surface area contributed by atoms with Crippen LogP contribution in [0.25, 0.3) is 71.9 Å². The second kappa shape index (κ2) is 18.6. The zero-order valence-corrected chi connectivity index (χ0v) is 38.6. The van der Waals surface area contributed by atoms with Crippen LogP contribution in [-0.2, 0) is 0 Å². The smallest absolute Gasteiger partial charge is 0.243 e. The third-order valence-electron chi connectivity index (χ3n) is 12.9. The molecule has 1 saturated carbocycles. The molecule has 0 unspecified atom stereocenters. The number of aromatic nitrogens is 8. The zero-order valence-electron chi connectivity index (χ0n) is 38.6. The first kappa shape index (κ1) is 43.0. The summed E-state index contributed by atoms with van der Waals surface area (Å²) >= 11 is 0. The predicted octanol–water partition coefficient (Wildman–Crippen LogP) is 7.38. The van der Waals surface area contributed by atoms with Crippen molar-refractivity contribution in [2.24, 2.45) is 5.92 Å². The Kier molecular flexibility index (Phi) is 11.7. The summed E-state index contributed by atoms with van der Waals surface area (Å²) in [6, 6.07) is 24.7. The Labute approximate surface area is 392 Å². The van der Waals surface area contributed by atoms with Crippen LogP contribution in [0.5, 0.6) is 28.9 Å². The van der Waals surface area contributed by atoms with E-state index >= 15 is 0 Å². The van der Waals surface area contributed by atoms with E-state index in [0.717, 1.165) is 136 Å². The summed E-state index contributed by atoms with van der Waals surface area (Å²) in [7, 11) is 6.59. The van der Waals surface area contributed by atoms with Crippen molar-refractivity contribution in [1.29, 1.82) is 0 Å². The lowest BCUT2D eigenvalue weighted by Gasteiger charge is -2.27. The number of methoxy groups -OCH3 is 4. The zero-order chi connectivity index (χ0) is 46.1. The second-order valence-electron chi connectivity index (χ2n) is 17.2. The van der Waals surface area contributed by atoms with Gasteiger partial charge in [-0.25, -0.2) is 15.0 Å². The number of fused-ring (bicyclic) bond motifs is 6. The van der Waals surface area contributed by atoms with E-state index in [2.05, 4.69) is 71.8 Å². The molecule has 7 heterocycles. The first-order valence-electron chi connectivity index (χ1n) is 23.1. The van der Waals surface area contributed by atoms with Gasteiger partial charge in [0.15, 0.2) is 28.8 Å². The van der Waals surface area contributed by atoms with Gasteiger partial charge in [0.1, 0.15) is 28.4 Å². The van der Waals surface area contributed by atoms with E-state index < -0.39 is 0 Å². The SMILES string of the molecule is COc1ccc(-c2ccc3c(c2)[nH]c2c(-n4ccnc4)nc(N4CCNCC4)nc23)cc1OC.COc1ccc(-c2ccc3c(c2)[nH]c2c(OCC4CC4)nc(N4CCNCC4)nc23)cc1OC. The highest BCUT2D eigenvalue weighted by molar-refractivity contribution is 6.09. The fourth-order valence-electron chi connectivity index (χ4n) is 9.02. The Bertz CT molecular complexity index is 3240. The average Bonchev–Trinajstić information content (AvgIpc) is 3.73. The molecule has 17 heteroatoms. The minimum Gasteiger partial charge on any atom is -0.493 e. The van der Waals surface area contributed by atoms with Crippen molar-refractivity contribution in [3.8, 4) is 56.9 Å². The molecule has 0 bridgehead atoms. The Balaban J connectivity index is 0.000000149. The van der Waals surface area contributed by atoms with Gasteiger partial charge in [0.2, 0.25) is 17.8 Å². The number of benzene rings is 4. The van der Waals surface area contributed by atoms with Crippen LogP contribution in [0.15, 0.2) is 91.5 Å². The van der Waals surface area contributed by atoms with Crippen LogP contribution in [0.4, 0.5) is 11.9 Å². The first-order chi connectivity index (χ1) is 33.5. The Morgan fingerprint density at radius 2 is 1.06 bits per heavy atom. The van der Waals surface area contributed by atoms with E-state index in [1.807, 2.05) is 47.2 Å². The van der Waals surface area contributed by atoms with E-state index in [-0.39, 0.29) is 0 Å². The number of nitrogens with zero attached hydrogens (tertiary/aromatic N) is 8. The standard InChI is InChI=1S/C26H29N5O3.C25H25N7O2/c1-32-21-8-6-18(14-22(21)33-2)17-5-7-19-20(13-17)28-24-23(19)29-26(31-11-9-27-10-12-31)30-25(24)34-15-16-3-4-16;1-33-20-6-4-17(14-21(20)34-2)16-3-5-18-19(13-16)28-23-22(18)29-25(31-10-7-26-8-11-31)30-24(23)32-12-9-27-15-32/h5-8,13-14,16,27-28H,3-4,9-12,15H2,1-2H3;3-6,9,12-15,26,28H,7-8,10-11H2,1-2H3. The molecule has 0 spiro atoms. The predicted molar refractivity (Wildman–Crippen MR) is 265 cm³/mol. The highest BCUT2D eigenvalue weighted by Crippen LogP contribution is 2.39. The highest BCUT2D eigenvalue weighted by atomic mass is 16.5. The number of anilines is 2. The number of ether oxygens (including phenoxy) is 5. The Morgan fingerprint density at radius 3 is 1.57 bits per heavy atom. The number of hydrogen-bond donors (Lipinski definition) is 4. The molecule has 4 N–H and O–H groups in total. The Morgan fingerprint density at radius 1 is 0.559 bits per heavy atom. The molecule has 3 aliphatic rings. The summed E-state index contributed by atoms with van der Waals surface area (Å²) in [4.78, 5) is 35.6. The molecule has 5 aromatic heterocycles. The molecule has 68 heavy (non-hydrogen) atoms. The molecule has 12 rings (SSSR count). The van der Waals surface area contributed by atoms with Gasteiger partial charge in [0.25, 0.3) is 0 Å². The summed E-state index contributed by atoms with van der Waals surface area (Å²) in [5.41, 5.74) is 9.80. The average molecular weight is 915 g/mol. The van der Waals surface area contributed by atoms with Gasteiger partial charge in [-0.3, -0.25) is 4.57 Å². The van der Waals surface area contributed by atoms with Crippen molar-refractivity contribution in [2.75, 3.05) is 97.2 Å². The van der Waals surface area contributed by atoms with E-state index in [9.17, 15) is 0 Å². The summed E-state index contributed by atoms with van der Waals surface area (Å²) in [5.74, 6) is 6.39. The van der Waals surface area contributed by atoms with Crippen LogP contribution in [0.3, 0.4) is 0 Å². The van der Waals surface area contributed by atoms with Gasteiger partial charge in [0, 0.05) is 86.6 Å². The fourth-order valence-corrected chi connectivity index (χ4v) is 9.02. The maximum absolute atomic E-state index is 6.22. The number of H-pyrrole nitrogens is 2. The van der Waals surface area contributed by atoms with E-state index in [4.69, 9.17) is 43.6 Å². The highest BCUT2D eigenvalue weighted by Gasteiger charge is 2.25. The molecule has 17 nitrogen and oxygen atoms in total. The van der Waals surface area contributed by atoms with Crippen molar-refractivity contribution in [2.45, 2.75) is 12.8 Å². The number of imidazole rings is 1. The summed E-state index contributed by atoms with van der Waals surface area (Å²) < 4.78 is 29.9. The summed E-state index contributed by atoms with van der Waals surface area (Å²) in [6.45, 7) is 7.94. The number of aromatic amines is 2. The normalized spacial score (nSPS) is 15.2. The largest absolute Gasteiger partial charge is 0.493 e. The van der Waals surface area contributed by atoms with Crippen molar-refractivity contribution in [1.82, 2.24) is 50.1 Å². The quantitative estimate of drug-likeness (QED) is 0.0955. The van der Waals surface area contributed by atoms with Crippen LogP contribution < -0.4 is 44.1 Å². The second-order valence-corrected chi connectivity index (χ2v) is 17.2. The maximum atomic E-state index is 6.22. The number of nitrogens with one attached hydrogen (secondary N) is 4. The molecule has 1 aliphatic carbocycles. The maximum Gasteiger partial charge on any atom is 0.243 e. The van der Waals surface area contributed by atoms with Crippen molar-refractivity contribution in [3.63, 3.8) is 0 Å². The van der Waals surface area contributed by atoms with Crippen LogP contribution >= 0.6 is 0 Å². The molecular weight excluding hydrogens is 861 g/mol. The van der Waals surface area contributed by atoms with Gasteiger partial charge in [-0.1, -0.05) is 36.4 Å². The van der Waals surface area contributed by atoms with Crippen LogP contribution in [-0.4, -0.2) is 127 Å². The van der Waals surface area contributed by atoms with Gasteiger partial charge in [-0.2, -0.15) is 9.97 Å². The molecule has 9 aromatic rings. The third-order valence-corrected chi connectivity index (χ3v) is 12.9. The molecule has 0 radical (unpaired) electrons. The monoisotopic (exact) mass is 914 g/mol. The minimum absolute atomic E-state index is 0.647. The van der Waals surface area contributed by atoms with Crippen molar-refractivity contribution >= 4 is 55.8 Å². The van der Waals surface area contributed by atoms with Crippen molar-refractivity contribution in [3.05, 3.63) is 91.5 Å². The summed E-state index contributed by atoms with van der Waals surface area (Å²) in [6.07, 6.45) is 7.91. The minimum atomic E-state index is 0.647. The third kappa shape index (κ3) is 8.38. The van der Waals surface area contributed by atoms with Gasteiger partial charge < -0.3 is 54.1 Å². The lowest BCUT2D eigenvalue weighted by Crippen LogP contribution is -2.44. The van der Waals surface area contributed by atoms with E-state index in [0.29, 0.717) is 41.4 Å². The molecule has 2 saturated heterocycles. The first-order valence-corrected chi connectivity index (χ1v) is 23.1. The van der Waals surface area contributed by atoms with Crippen LogP contribution in [0.1, 0.15) is 12.8 Å². The van der Waals surface area contributed by atoms with Crippen LogP contribution in [0, 0.1) is 5.92 Å². The molecular formula is C51H54N12O5. The molecule has 4 aromatic carbocycles. The fraction of sp³-hybridized carbons (Fsp3) is 0.314. The van der Waals surface area contributed by atoms with Gasteiger partial charge in [-0.15, -0.1) is 0 Å². The van der Waals surface area contributed by atoms with Gasteiger partial charge in [0.05, 0.1) is 35.0 Å². The molecule has 0 amide bonds. The molecule has 0 atom stereocenters. The van der Waals surface area contributed by atoms with Gasteiger partial charge >= 0.3 is 0 Å². The molecule has 2 aliphatic heterocycles. The molecule has 3 fully saturated rings.